The van der Waals surface area contributed by atoms with Crippen molar-refractivity contribution < 1.29 is 4.79 Å². The quantitative estimate of drug-likeness (QED) is 0.905. The molecule has 5 heteroatoms. The summed E-state index contributed by atoms with van der Waals surface area (Å²) >= 11 is 11.9. The van der Waals surface area contributed by atoms with Gasteiger partial charge in [0.2, 0.25) is 5.91 Å². The molecule has 1 amide bonds. The van der Waals surface area contributed by atoms with Gasteiger partial charge in [-0.2, -0.15) is 0 Å². The standard InChI is InChI=1S/C15H14Cl2N2O/c16-11-6-7-13(17)14(8-11)19-15(20)12(9-18)10-4-2-1-3-5-10/h1-8,12H,9,18H2,(H,19,20). The van der Waals surface area contributed by atoms with Crippen LogP contribution in [0, 0.1) is 0 Å². The van der Waals surface area contributed by atoms with Crippen LogP contribution in [0.2, 0.25) is 10.0 Å². The van der Waals surface area contributed by atoms with Crippen LogP contribution < -0.4 is 11.1 Å². The molecular formula is C15H14Cl2N2O. The van der Waals surface area contributed by atoms with Gasteiger partial charge in [0.25, 0.3) is 0 Å². The summed E-state index contributed by atoms with van der Waals surface area (Å²) in [5, 5.41) is 3.71. The summed E-state index contributed by atoms with van der Waals surface area (Å²) in [7, 11) is 0. The van der Waals surface area contributed by atoms with Crippen molar-refractivity contribution in [3.05, 3.63) is 64.1 Å². The van der Waals surface area contributed by atoms with E-state index in [0.29, 0.717) is 15.7 Å². The molecular weight excluding hydrogens is 295 g/mol. The molecule has 0 fully saturated rings. The number of amides is 1. The maximum Gasteiger partial charge on any atom is 0.233 e. The minimum Gasteiger partial charge on any atom is -0.329 e. The van der Waals surface area contributed by atoms with Gasteiger partial charge in [0.1, 0.15) is 0 Å². The first-order valence-electron chi connectivity index (χ1n) is 6.12. The zero-order valence-corrected chi connectivity index (χ0v) is 12.2. The summed E-state index contributed by atoms with van der Waals surface area (Å²) in [6.07, 6.45) is 0. The lowest BCUT2D eigenvalue weighted by molar-refractivity contribution is -0.117. The molecule has 0 saturated heterocycles. The summed E-state index contributed by atoms with van der Waals surface area (Å²) < 4.78 is 0. The number of carbonyl (C=O) groups is 1. The van der Waals surface area contributed by atoms with E-state index >= 15 is 0 Å². The van der Waals surface area contributed by atoms with Crippen molar-refractivity contribution in [2.75, 3.05) is 11.9 Å². The van der Waals surface area contributed by atoms with Gasteiger partial charge < -0.3 is 11.1 Å². The molecule has 0 saturated carbocycles. The van der Waals surface area contributed by atoms with E-state index in [1.165, 1.54) is 0 Å². The zero-order valence-electron chi connectivity index (χ0n) is 10.6. The number of rotatable bonds is 4. The number of hydrogen-bond donors (Lipinski definition) is 2. The first-order chi connectivity index (χ1) is 9.61. The molecule has 104 valence electrons. The second-order valence-corrected chi connectivity index (χ2v) is 5.16. The Hall–Kier alpha value is -1.55. The van der Waals surface area contributed by atoms with Crippen molar-refractivity contribution in [2.24, 2.45) is 5.73 Å². The molecule has 2 aromatic rings. The molecule has 2 aromatic carbocycles. The molecule has 0 spiro atoms. The Morgan fingerprint density at radius 3 is 2.50 bits per heavy atom. The van der Waals surface area contributed by atoms with Crippen LogP contribution in [0.4, 0.5) is 5.69 Å². The number of carbonyl (C=O) groups excluding carboxylic acids is 1. The summed E-state index contributed by atoms with van der Waals surface area (Å²) in [5.74, 6) is -0.630. The topological polar surface area (TPSA) is 55.1 Å². The highest BCUT2D eigenvalue weighted by Gasteiger charge is 2.19. The molecule has 1 unspecified atom stereocenters. The molecule has 0 aliphatic heterocycles. The van der Waals surface area contributed by atoms with Crippen LogP contribution >= 0.6 is 23.2 Å². The normalized spacial score (nSPS) is 11.9. The van der Waals surface area contributed by atoms with E-state index in [4.69, 9.17) is 28.9 Å². The van der Waals surface area contributed by atoms with Crippen molar-refractivity contribution in [3.63, 3.8) is 0 Å². The van der Waals surface area contributed by atoms with E-state index in [1.807, 2.05) is 30.3 Å². The zero-order chi connectivity index (χ0) is 14.5. The summed E-state index contributed by atoms with van der Waals surface area (Å²) in [6, 6.07) is 14.3. The van der Waals surface area contributed by atoms with Crippen molar-refractivity contribution in [1.29, 1.82) is 0 Å². The molecule has 0 aliphatic carbocycles. The molecule has 0 aliphatic rings. The third-order valence-electron chi connectivity index (χ3n) is 2.94. The van der Waals surface area contributed by atoms with Gasteiger partial charge in [0.05, 0.1) is 16.6 Å². The lowest BCUT2D eigenvalue weighted by Crippen LogP contribution is -2.27. The van der Waals surface area contributed by atoms with E-state index in [-0.39, 0.29) is 12.5 Å². The van der Waals surface area contributed by atoms with Crippen LogP contribution in [-0.2, 0) is 4.79 Å². The lowest BCUT2D eigenvalue weighted by atomic mass is 9.98. The van der Waals surface area contributed by atoms with Crippen molar-refractivity contribution in [2.45, 2.75) is 5.92 Å². The van der Waals surface area contributed by atoms with E-state index in [1.54, 1.807) is 18.2 Å². The Labute approximate surface area is 127 Å². The number of halogens is 2. The van der Waals surface area contributed by atoms with Gasteiger partial charge in [-0.05, 0) is 23.8 Å². The number of nitrogens with one attached hydrogen (secondary N) is 1. The van der Waals surface area contributed by atoms with Gasteiger partial charge in [-0.3, -0.25) is 4.79 Å². The number of nitrogens with two attached hydrogens (primary N) is 1. The van der Waals surface area contributed by atoms with Crippen LogP contribution in [0.25, 0.3) is 0 Å². The van der Waals surface area contributed by atoms with Crippen molar-refractivity contribution in [1.82, 2.24) is 0 Å². The summed E-state index contributed by atoms with van der Waals surface area (Å²) in [5.41, 5.74) is 7.06. The average molecular weight is 309 g/mol. The number of hydrogen-bond acceptors (Lipinski definition) is 2. The van der Waals surface area contributed by atoms with E-state index in [2.05, 4.69) is 5.32 Å². The largest absolute Gasteiger partial charge is 0.329 e. The van der Waals surface area contributed by atoms with Crippen LogP contribution in [0.5, 0.6) is 0 Å². The Kier molecular flexibility index (Phi) is 5.01. The van der Waals surface area contributed by atoms with Crippen LogP contribution in [-0.4, -0.2) is 12.5 Å². The van der Waals surface area contributed by atoms with Gasteiger partial charge in [0.15, 0.2) is 0 Å². The van der Waals surface area contributed by atoms with Crippen molar-refractivity contribution >= 4 is 34.8 Å². The summed E-state index contributed by atoms with van der Waals surface area (Å²) in [4.78, 5) is 12.3. The molecule has 0 aromatic heterocycles. The van der Waals surface area contributed by atoms with E-state index in [9.17, 15) is 4.79 Å². The maximum absolute atomic E-state index is 12.3. The average Bonchev–Trinajstić information content (AvgIpc) is 2.45. The highest BCUT2D eigenvalue weighted by molar-refractivity contribution is 6.35. The Morgan fingerprint density at radius 2 is 1.85 bits per heavy atom. The second-order valence-electron chi connectivity index (χ2n) is 4.31. The molecule has 1 atom stereocenters. The molecule has 0 bridgehead atoms. The van der Waals surface area contributed by atoms with Crippen molar-refractivity contribution in [3.8, 4) is 0 Å². The Morgan fingerprint density at radius 1 is 1.15 bits per heavy atom. The highest BCUT2D eigenvalue weighted by atomic mass is 35.5. The monoisotopic (exact) mass is 308 g/mol. The minimum atomic E-state index is -0.425. The molecule has 0 heterocycles. The molecule has 2 rings (SSSR count). The lowest BCUT2D eigenvalue weighted by Gasteiger charge is -2.16. The van der Waals surface area contributed by atoms with E-state index < -0.39 is 5.92 Å². The number of benzene rings is 2. The molecule has 3 N–H and O–H groups in total. The second kappa shape index (κ2) is 6.75. The fourth-order valence-electron chi connectivity index (χ4n) is 1.89. The SMILES string of the molecule is NCC(C(=O)Nc1cc(Cl)ccc1Cl)c1ccccc1. The van der Waals surface area contributed by atoms with Crippen LogP contribution in [0.3, 0.4) is 0 Å². The van der Waals surface area contributed by atoms with Crippen LogP contribution in [0.15, 0.2) is 48.5 Å². The van der Waals surface area contributed by atoms with Gasteiger partial charge in [-0.15, -0.1) is 0 Å². The van der Waals surface area contributed by atoms with E-state index in [0.717, 1.165) is 5.56 Å². The Balaban J connectivity index is 2.20. The third-order valence-corrected chi connectivity index (χ3v) is 3.51. The fourth-order valence-corrected chi connectivity index (χ4v) is 2.23. The highest BCUT2D eigenvalue weighted by Crippen LogP contribution is 2.27. The van der Waals surface area contributed by atoms with Crippen LogP contribution in [0.1, 0.15) is 11.5 Å². The summed E-state index contributed by atoms with van der Waals surface area (Å²) in [6.45, 7) is 0.216. The molecule has 3 nitrogen and oxygen atoms in total. The number of anilines is 1. The fraction of sp³-hybridized carbons (Fsp3) is 0.133. The van der Waals surface area contributed by atoms with Gasteiger partial charge in [0, 0.05) is 11.6 Å². The minimum absolute atomic E-state index is 0.206. The maximum atomic E-state index is 12.3. The first-order valence-corrected chi connectivity index (χ1v) is 6.88. The predicted molar refractivity (Wildman–Crippen MR) is 83.3 cm³/mol. The smallest absolute Gasteiger partial charge is 0.233 e. The third kappa shape index (κ3) is 3.51. The van der Waals surface area contributed by atoms with Gasteiger partial charge in [-0.1, -0.05) is 53.5 Å². The van der Waals surface area contributed by atoms with Gasteiger partial charge >= 0.3 is 0 Å². The Bertz CT molecular complexity index is 602. The molecule has 0 radical (unpaired) electrons. The van der Waals surface area contributed by atoms with Gasteiger partial charge in [-0.25, -0.2) is 0 Å². The molecule has 20 heavy (non-hydrogen) atoms. The predicted octanol–water partition coefficient (Wildman–Crippen LogP) is 3.67. The first kappa shape index (κ1) is 14.9.